The molecule has 224 valence electrons. The first kappa shape index (κ1) is 30.9. The molecule has 0 radical (unpaired) electrons. The fourth-order valence-electron chi connectivity index (χ4n) is 4.67. The molecule has 42 heavy (non-hydrogen) atoms. The van der Waals surface area contributed by atoms with Crippen molar-refractivity contribution < 1.29 is 19.0 Å². The number of nitrogens with one attached hydrogen (secondary N) is 3. The Morgan fingerprint density at radius 1 is 1.24 bits per heavy atom. The zero-order valence-corrected chi connectivity index (χ0v) is 25.1. The minimum Gasteiger partial charge on any atom is -0.494 e. The van der Waals surface area contributed by atoms with Gasteiger partial charge in [-0.2, -0.15) is 4.98 Å². The third-order valence-electron chi connectivity index (χ3n) is 7.18. The number of halogens is 2. The zero-order valence-electron chi connectivity index (χ0n) is 24.3. The lowest BCUT2D eigenvalue weighted by Crippen LogP contribution is -2.53. The lowest BCUT2D eigenvalue weighted by atomic mass is 9.91. The van der Waals surface area contributed by atoms with Gasteiger partial charge in [0.1, 0.15) is 17.9 Å². The molecule has 1 aliphatic heterocycles. The molecule has 3 aromatic rings. The lowest BCUT2D eigenvalue weighted by molar-refractivity contribution is -0.111. The summed E-state index contributed by atoms with van der Waals surface area (Å²) in [6.45, 7) is 8.66. The lowest BCUT2D eigenvalue weighted by Gasteiger charge is -2.45. The second-order valence-corrected chi connectivity index (χ2v) is 10.9. The standard InChI is InChI=1S/C29H36ClFN8O3/c1-7-26(40)34-22-13-23(25(42-6)14-24(22)39-10-9-17(39)15-38(4)5)36-28-33-16-32-27(37-28)35-21-12-19(30)20(31)11-18(21)29(3,41)8-2/h7,11-14,16-17,41H,1,8-10,15H2,2-6H3,(H,34,40)(H2,32,33,35,36,37). The summed E-state index contributed by atoms with van der Waals surface area (Å²) in [7, 11) is 5.61. The molecule has 1 amide bonds. The Morgan fingerprint density at radius 3 is 2.50 bits per heavy atom. The van der Waals surface area contributed by atoms with Crippen molar-refractivity contribution in [2.45, 2.75) is 38.3 Å². The Morgan fingerprint density at radius 2 is 1.93 bits per heavy atom. The Bertz CT molecular complexity index is 1470. The van der Waals surface area contributed by atoms with E-state index in [1.165, 1.54) is 24.5 Å². The topological polar surface area (TPSA) is 128 Å². The van der Waals surface area contributed by atoms with E-state index in [9.17, 15) is 14.3 Å². The summed E-state index contributed by atoms with van der Waals surface area (Å²) in [6, 6.07) is 6.49. The maximum Gasteiger partial charge on any atom is 0.247 e. The normalized spacial score (nSPS) is 15.9. The summed E-state index contributed by atoms with van der Waals surface area (Å²) >= 11 is 6.04. The van der Waals surface area contributed by atoms with Crippen molar-refractivity contribution >= 4 is 52.2 Å². The first-order chi connectivity index (χ1) is 19.9. The van der Waals surface area contributed by atoms with Gasteiger partial charge in [-0.15, -0.1) is 0 Å². The molecule has 4 rings (SSSR count). The van der Waals surface area contributed by atoms with Gasteiger partial charge in [0.2, 0.25) is 17.8 Å². The molecule has 1 aromatic heterocycles. The molecule has 2 atom stereocenters. The molecular weight excluding hydrogens is 563 g/mol. The first-order valence-electron chi connectivity index (χ1n) is 13.5. The second-order valence-electron chi connectivity index (χ2n) is 10.5. The van der Waals surface area contributed by atoms with Gasteiger partial charge >= 0.3 is 0 Å². The van der Waals surface area contributed by atoms with Crippen LogP contribution in [-0.4, -0.2) is 71.2 Å². The highest BCUT2D eigenvalue weighted by Gasteiger charge is 2.31. The monoisotopic (exact) mass is 598 g/mol. The molecule has 0 spiro atoms. The van der Waals surface area contributed by atoms with Crippen LogP contribution in [0.15, 0.2) is 43.2 Å². The zero-order chi connectivity index (χ0) is 30.6. The predicted octanol–water partition coefficient (Wildman–Crippen LogP) is 5.04. The average molecular weight is 599 g/mol. The van der Waals surface area contributed by atoms with Gasteiger partial charge in [-0.25, -0.2) is 14.4 Å². The molecule has 1 saturated heterocycles. The van der Waals surface area contributed by atoms with Gasteiger partial charge in [0.05, 0.1) is 34.8 Å². The summed E-state index contributed by atoms with van der Waals surface area (Å²) in [6.07, 6.45) is 3.88. The Hall–Kier alpha value is -4.00. The summed E-state index contributed by atoms with van der Waals surface area (Å²) in [5, 5.41) is 19.8. The maximum atomic E-state index is 14.3. The Labute approximate surface area is 249 Å². The molecule has 2 heterocycles. The van der Waals surface area contributed by atoms with E-state index in [0.29, 0.717) is 40.8 Å². The first-order valence-corrected chi connectivity index (χ1v) is 13.8. The largest absolute Gasteiger partial charge is 0.494 e. The number of benzene rings is 2. The molecular formula is C29H36ClFN8O3. The van der Waals surface area contributed by atoms with Crippen molar-refractivity contribution in [1.29, 1.82) is 0 Å². The van der Waals surface area contributed by atoms with Gasteiger partial charge < -0.3 is 35.6 Å². The minimum atomic E-state index is -1.33. The van der Waals surface area contributed by atoms with Crippen molar-refractivity contribution in [1.82, 2.24) is 19.9 Å². The number of hydrogen-bond acceptors (Lipinski definition) is 10. The van der Waals surface area contributed by atoms with Gasteiger partial charge in [0.25, 0.3) is 0 Å². The number of aromatic nitrogens is 3. The highest BCUT2D eigenvalue weighted by atomic mass is 35.5. The summed E-state index contributed by atoms with van der Waals surface area (Å²) in [5.74, 6) is -0.179. The minimum absolute atomic E-state index is 0.116. The highest BCUT2D eigenvalue weighted by molar-refractivity contribution is 6.31. The molecule has 2 unspecified atom stereocenters. The maximum absolute atomic E-state index is 14.3. The van der Waals surface area contributed by atoms with E-state index in [-0.39, 0.29) is 22.8 Å². The van der Waals surface area contributed by atoms with Crippen molar-refractivity contribution in [3.05, 3.63) is 59.7 Å². The number of anilines is 6. The van der Waals surface area contributed by atoms with Crippen LogP contribution in [0, 0.1) is 5.82 Å². The van der Waals surface area contributed by atoms with Crippen LogP contribution < -0.4 is 25.6 Å². The van der Waals surface area contributed by atoms with Crippen LogP contribution in [0.1, 0.15) is 32.3 Å². The van der Waals surface area contributed by atoms with Crippen molar-refractivity contribution in [3.8, 4) is 5.75 Å². The van der Waals surface area contributed by atoms with Gasteiger partial charge in [0.15, 0.2) is 0 Å². The fourth-order valence-corrected chi connectivity index (χ4v) is 4.83. The van der Waals surface area contributed by atoms with Crippen LogP contribution in [0.2, 0.25) is 5.02 Å². The number of likely N-dealkylation sites (N-methyl/N-ethyl adjacent to an activating group) is 1. The van der Waals surface area contributed by atoms with Gasteiger partial charge in [-0.3, -0.25) is 4.79 Å². The van der Waals surface area contributed by atoms with Crippen molar-refractivity contribution in [2.24, 2.45) is 0 Å². The summed E-state index contributed by atoms with van der Waals surface area (Å²) in [4.78, 5) is 29.5. The van der Waals surface area contributed by atoms with Gasteiger partial charge in [0, 0.05) is 36.4 Å². The molecule has 0 saturated carbocycles. The Kier molecular flexibility index (Phi) is 9.50. The highest BCUT2D eigenvalue weighted by Crippen LogP contribution is 2.41. The molecule has 4 N–H and O–H groups in total. The van der Waals surface area contributed by atoms with E-state index < -0.39 is 11.4 Å². The van der Waals surface area contributed by atoms with E-state index >= 15 is 0 Å². The van der Waals surface area contributed by atoms with E-state index in [4.69, 9.17) is 16.3 Å². The van der Waals surface area contributed by atoms with Crippen molar-refractivity contribution in [2.75, 3.05) is 55.1 Å². The van der Waals surface area contributed by atoms with E-state index in [0.717, 1.165) is 25.2 Å². The number of ether oxygens (including phenoxy) is 1. The molecule has 1 fully saturated rings. The van der Waals surface area contributed by atoms with E-state index in [1.807, 2.05) is 20.2 Å². The third kappa shape index (κ3) is 6.89. The third-order valence-corrected chi connectivity index (χ3v) is 7.47. The number of hydrogen-bond donors (Lipinski definition) is 4. The fraction of sp³-hybridized carbons (Fsp3) is 0.379. The molecule has 0 aliphatic carbocycles. The molecule has 11 nitrogen and oxygen atoms in total. The van der Waals surface area contributed by atoms with E-state index in [2.05, 4.69) is 47.3 Å². The quantitative estimate of drug-likeness (QED) is 0.210. The number of nitrogens with zero attached hydrogens (tertiary/aromatic N) is 5. The average Bonchev–Trinajstić information content (AvgIpc) is 2.94. The van der Waals surface area contributed by atoms with Crippen LogP contribution >= 0.6 is 11.6 Å². The van der Waals surface area contributed by atoms with E-state index in [1.54, 1.807) is 27.0 Å². The molecule has 1 aliphatic rings. The number of carbonyl (C=O) groups excluding carboxylic acids is 1. The van der Waals surface area contributed by atoms with Gasteiger partial charge in [-0.05, 0) is 58.1 Å². The predicted molar refractivity (Wildman–Crippen MR) is 164 cm³/mol. The summed E-state index contributed by atoms with van der Waals surface area (Å²) in [5.41, 5.74) is 1.23. The number of amides is 1. The molecule has 13 heteroatoms. The van der Waals surface area contributed by atoms with Crippen LogP contribution in [0.25, 0.3) is 0 Å². The van der Waals surface area contributed by atoms with Crippen LogP contribution in [0.4, 0.5) is 39.0 Å². The van der Waals surface area contributed by atoms with Gasteiger partial charge in [-0.1, -0.05) is 25.1 Å². The van der Waals surface area contributed by atoms with Crippen molar-refractivity contribution in [3.63, 3.8) is 0 Å². The number of methoxy groups -OCH3 is 1. The number of aliphatic hydroxyl groups is 1. The van der Waals surface area contributed by atoms with Crippen LogP contribution in [0.3, 0.4) is 0 Å². The Balaban J connectivity index is 1.67. The molecule has 0 bridgehead atoms. The molecule has 2 aromatic carbocycles. The van der Waals surface area contributed by atoms with Crippen LogP contribution in [0.5, 0.6) is 5.75 Å². The smallest absolute Gasteiger partial charge is 0.247 e. The SMILES string of the molecule is C=CC(=O)Nc1cc(Nc2ncnc(Nc3cc(Cl)c(F)cc3C(C)(O)CC)n2)c(OC)cc1N1CCC1CN(C)C. The van der Waals surface area contributed by atoms with Crippen LogP contribution in [-0.2, 0) is 10.4 Å². The number of rotatable bonds is 12. The summed E-state index contributed by atoms with van der Waals surface area (Å²) < 4.78 is 20.0. The number of carbonyl (C=O) groups is 1. The second kappa shape index (κ2) is 12.9.